The predicted octanol–water partition coefficient (Wildman–Crippen LogP) is -8.64. The predicted molar refractivity (Wildman–Crippen MR) is 19.3 cm³/mol. The molecule has 0 unspecified atom stereocenters. The van der Waals surface area contributed by atoms with Crippen molar-refractivity contribution in [2.45, 2.75) is 0 Å². The number of rotatable bonds is 0. The zero-order chi connectivity index (χ0) is 10.7. The molecule has 0 saturated carbocycles. The summed E-state index contributed by atoms with van der Waals surface area (Å²) in [5, 5.41) is 0. The summed E-state index contributed by atoms with van der Waals surface area (Å²) in [6.07, 6.45) is 0. The smallest absolute Gasteiger partial charge is 0.672 e. The first-order chi connectivity index (χ1) is 5.20. The molecular weight excluding hydrogens is 414 g/mol. The fraction of sp³-hybridized carbons (Fsp3) is 0. The second-order valence-corrected chi connectivity index (χ2v) is 2.25. The Morgan fingerprint density at radius 1 is 0.500 bits per heavy atom. The van der Waals surface area contributed by atoms with Crippen molar-refractivity contribution in [1.29, 1.82) is 0 Å². The van der Waals surface area contributed by atoms with E-state index in [1.165, 1.54) is 0 Å². The van der Waals surface area contributed by atoms with Crippen molar-refractivity contribution < 1.29 is 86.9 Å². The van der Waals surface area contributed by atoms with Gasteiger partial charge in [0.15, 0.2) is 0 Å². The summed E-state index contributed by atoms with van der Waals surface area (Å²) >= 11 is 0. The molecule has 0 heterocycles. The molecule has 0 spiro atoms. The summed E-state index contributed by atoms with van der Waals surface area (Å²) < 4.78 is 25.6. The summed E-state index contributed by atoms with van der Waals surface area (Å²) in [4.78, 5) is 51.1. The summed E-state index contributed by atoms with van der Waals surface area (Å²) in [6.45, 7) is 0. The van der Waals surface area contributed by atoms with Gasteiger partial charge in [-0.15, -0.1) is 0 Å². The second-order valence-electron chi connectivity index (χ2n) is 0.750. The van der Waals surface area contributed by atoms with Crippen LogP contribution in [0.15, 0.2) is 0 Å². The second kappa shape index (κ2) is 23.3. The van der Waals surface area contributed by atoms with E-state index in [1.54, 1.807) is 0 Å². The van der Waals surface area contributed by atoms with Crippen molar-refractivity contribution >= 4 is 27.5 Å². The molecule has 0 rings (SSSR count). The quantitative estimate of drug-likeness (QED) is 0.347. The molecule has 0 N–H and O–H groups in total. The minimum Gasteiger partial charge on any atom is -0.672 e. The molecule has 76 valence electrons. The van der Waals surface area contributed by atoms with Crippen molar-refractivity contribution in [3.63, 3.8) is 0 Å². The van der Waals surface area contributed by atoms with Crippen molar-refractivity contribution in [3.8, 4) is 0 Å². The van der Waals surface area contributed by atoms with Gasteiger partial charge in [0.25, 0.3) is 0 Å². The summed E-state index contributed by atoms with van der Waals surface area (Å²) in [5.74, 6) is 0. The molecule has 0 atom stereocenters. The third-order valence-corrected chi connectivity index (χ3v) is 0. The van der Waals surface area contributed by atoms with Crippen LogP contribution in [0.3, 0.4) is 0 Å². The Morgan fingerprint density at radius 2 is 0.500 bits per heavy atom. The molecule has 0 aliphatic heterocycles. The number of hydrogen-bond acceptors (Lipinski definition) is 9. The van der Waals surface area contributed by atoms with Crippen LogP contribution in [-0.4, -0.2) is 27.5 Å². The van der Waals surface area contributed by atoms with E-state index in [1.807, 2.05) is 0 Å². The van der Waals surface area contributed by atoms with Crippen LogP contribution < -0.4 is 28.8 Å². The van der Waals surface area contributed by atoms with E-state index in [4.69, 9.17) is 42.2 Å². The molecule has 0 aromatic carbocycles. The molecular formula is Nb2O9Si3. The van der Waals surface area contributed by atoms with Gasteiger partial charge in [-0.1, -0.05) is 0 Å². The maximum absolute atomic E-state index is 8.52. The fourth-order valence-electron chi connectivity index (χ4n) is 0. The molecule has 0 fully saturated rings. The van der Waals surface area contributed by atoms with Gasteiger partial charge in [0.2, 0.25) is 0 Å². The van der Waals surface area contributed by atoms with Crippen LogP contribution >= 0.6 is 0 Å². The average Bonchev–Trinajstić information content (AvgIpc) is 1.54. The monoisotopic (exact) mass is 414 g/mol. The van der Waals surface area contributed by atoms with Crippen molar-refractivity contribution in [3.05, 3.63) is 0 Å². The van der Waals surface area contributed by atoms with Gasteiger partial charge in [-0.05, 0) is 0 Å². The molecule has 0 saturated heterocycles. The molecule has 0 radical (unpaired) electrons. The van der Waals surface area contributed by atoms with E-state index in [2.05, 4.69) is 0 Å². The molecule has 0 aromatic heterocycles. The Morgan fingerprint density at radius 3 is 0.500 bits per heavy atom. The number of hydrogen-bond donors (Lipinski definition) is 0. The van der Waals surface area contributed by atoms with Crippen molar-refractivity contribution in [1.82, 2.24) is 0 Å². The third-order valence-electron chi connectivity index (χ3n) is 0. The van der Waals surface area contributed by atoms with Gasteiger partial charge >= 0.3 is 44.8 Å². The SMILES string of the molecule is O=[Si]([O-])[O-].O=[Si]([O-])[O-].O=[Si]([O-])[O-].[Nb+3].[Nb+3]. The Bertz CT molecular complexity index is 116. The Kier molecular flexibility index (Phi) is 48.6. The minimum absolute atomic E-state index is 0. The van der Waals surface area contributed by atoms with Crippen LogP contribution in [-0.2, 0) is 58.1 Å². The normalized spacial score (nSPS) is 5.14. The molecule has 0 aromatic rings. The van der Waals surface area contributed by atoms with Crippen LogP contribution in [0.1, 0.15) is 0 Å². The van der Waals surface area contributed by atoms with Gasteiger partial charge in [-0.25, -0.2) is 0 Å². The first-order valence-corrected chi connectivity index (χ1v) is 5.51. The zero-order valence-electron chi connectivity index (χ0n) is 6.07. The topological polar surface area (TPSA) is 190 Å². The molecule has 0 bridgehead atoms. The van der Waals surface area contributed by atoms with Crippen LogP contribution in [0.5, 0.6) is 0 Å². The summed E-state index contributed by atoms with van der Waals surface area (Å²) in [7, 11) is -10.9. The maximum Gasteiger partial charge on any atom is 3.00 e. The van der Waals surface area contributed by atoms with Gasteiger partial charge in [-0.2, -0.15) is 0 Å². The summed E-state index contributed by atoms with van der Waals surface area (Å²) in [5.41, 5.74) is 0. The largest absolute Gasteiger partial charge is 3.00 e. The average molecular weight is 414 g/mol. The third kappa shape index (κ3) is 14400. The van der Waals surface area contributed by atoms with Gasteiger partial charge in [0, 0.05) is 27.5 Å². The van der Waals surface area contributed by atoms with E-state index in [0.29, 0.717) is 0 Å². The molecule has 0 aliphatic carbocycles. The van der Waals surface area contributed by atoms with E-state index in [0.717, 1.165) is 0 Å². The first kappa shape index (κ1) is 29.3. The minimum atomic E-state index is -3.63. The zero-order valence-corrected chi connectivity index (χ0v) is 13.5. The molecule has 0 aliphatic rings. The fourth-order valence-corrected chi connectivity index (χ4v) is 0. The van der Waals surface area contributed by atoms with Crippen molar-refractivity contribution in [2.24, 2.45) is 0 Å². The first-order valence-electron chi connectivity index (χ1n) is 1.84. The van der Waals surface area contributed by atoms with E-state index >= 15 is 0 Å². The Hall–Kier alpha value is 0.331. The van der Waals surface area contributed by atoms with Gasteiger partial charge < -0.3 is 42.2 Å². The van der Waals surface area contributed by atoms with Crippen molar-refractivity contribution in [2.75, 3.05) is 0 Å². The van der Waals surface area contributed by atoms with Crippen LogP contribution in [0.25, 0.3) is 0 Å². The molecule has 14 heavy (non-hydrogen) atoms. The Balaban J connectivity index is -0.0000000270. The van der Waals surface area contributed by atoms with E-state index in [9.17, 15) is 0 Å². The molecule has 0 amide bonds. The maximum atomic E-state index is 8.52. The standard InChI is InChI=1S/2Nb.3O3Si/c;;3*1-4(2)3/q2*+3;3*-2. The molecule has 9 nitrogen and oxygen atoms in total. The molecule has 14 heteroatoms. The van der Waals surface area contributed by atoms with Gasteiger partial charge in [-0.3, -0.25) is 0 Å². The summed E-state index contributed by atoms with van der Waals surface area (Å²) in [6, 6.07) is 0. The Labute approximate surface area is 114 Å². The van der Waals surface area contributed by atoms with E-state index in [-0.39, 0.29) is 44.8 Å². The van der Waals surface area contributed by atoms with Crippen LogP contribution in [0, 0.1) is 0 Å². The van der Waals surface area contributed by atoms with Gasteiger partial charge in [0.05, 0.1) is 0 Å². The van der Waals surface area contributed by atoms with E-state index < -0.39 is 27.5 Å². The van der Waals surface area contributed by atoms with Crippen LogP contribution in [0.4, 0.5) is 0 Å². The van der Waals surface area contributed by atoms with Gasteiger partial charge in [0.1, 0.15) is 0 Å². The van der Waals surface area contributed by atoms with Crippen LogP contribution in [0.2, 0.25) is 0 Å².